The van der Waals surface area contributed by atoms with E-state index in [2.05, 4.69) is 56.1 Å². The van der Waals surface area contributed by atoms with E-state index < -0.39 is 11.5 Å². The van der Waals surface area contributed by atoms with Crippen LogP contribution in [0.4, 0.5) is 0 Å². The molecule has 2 unspecified atom stereocenters. The number of rotatable bonds is 8. The second kappa shape index (κ2) is 10.0. The smallest absolute Gasteiger partial charge is 0.217 e. The number of ether oxygens (including phenoxy) is 1. The zero-order valence-corrected chi connectivity index (χ0v) is 20.8. The summed E-state index contributed by atoms with van der Waals surface area (Å²) < 4.78 is 6.53. The van der Waals surface area contributed by atoms with Crippen LogP contribution < -0.4 is 4.74 Å². The molecular formula is C28H29BrN2O2. The second-order valence-electron chi connectivity index (χ2n) is 8.60. The Hall–Kier alpha value is -2.73. The molecule has 2 atom stereocenters. The van der Waals surface area contributed by atoms with Gasteiger partial charge in [-0.05, 0) is 64.4 Å². The van der Waals surface area contributed by atoms with Gasteiger partial charge in [0.25, 0.3) is 0 Å². The van der Waals surface area contributed by atoms with Crippen LogP contribution in [0.15, 0.2) is 89.5 Å². The first-order chi connectivity index (χ1) is 15.9. The summed E-state index contributed by atoms with van der Waals surface area (Å²) in [5.74, 6) is 0.111. The van der Waals surface area contributed by atoms with Gasteiger partial charge >= 0.3 is 0 Å². The second-order valence-corrected chi connectivity index (χ2v) is 9.52. The van der Waals surface area contributed by atoms with Gasteiger partial charge in [0.15, 0.2) is 0 Å². The fourth-order valence-electron chi connectivity index (χ4n) is 4.61. The van der Waals surface area contributed by atoms with Crippen molar-refractivity contribution < 1.29 is 9.84 Å². The van der Waals surface area contributed by atoms with Gasteiger partial charge in [0, 0.05) is 28.7 Å². The molecule has 33 heavy (non-hydrogen) atoms. The lowest BCUT2D eigenvalue weighted by atomic mass is 9.71. The summed E-state index contributed by atoms with van der Waals surface area (Å²) >= 11 is 3.58. The zero-order chi connectivity index (χ0) is 23.4. The van der Waals surface area contributed by atoms with Gasteiger partial charge in [0.1, 0.15) is 5.60 Å². The lowest BCUT2D eigenvalue weighted by molar-refractivity contribution is 0.00513. The Balaban J connectivity index is 2.04. The molecule has 0 radical (unpaired) electrons. The van der Waals surface area contributed by atoms with Gasteiger partial charge in [-0.15, -0.1) is 0 Å². The van der Waals surface area contributed by atoms with Crippen LogP contribution in [0.5, 0.6) is 5.88 Å². The summed E-state index contributed by atoms with van der Waals surface area (Å²) in [6, 6.07) is 26.5. The lowest BCUT2D eigenvalue weighted by Crippen LogP contribution is -2.38. The number of fused-ring (bicyclic) bond motifs is 1. The summed E-state index contributed by atoms with van der Waals surface area (Å²) in [6.45, 7) is 0.715. The Morgan fingerprint density at radius 2 is 1.70 bits per heavy atom. The molecule has 4 nitrogen and oxygen atoms in total. The maximum absolute atomic E-state index is 12.8. The number of pyridine rings is 1. The highest BCUT2D eigenvalue weighted by Gasteiger charge is 2.43. The van der Waals surface area contributed by atoms with E-state index in [1.54, 1.807) is 13.3 Å². The topological polar surface area (TPSA) is 45.6 Å². The number of aliphatic hydroxyl groups is 1. The molecule has 0 aliphatic rings. The largest absolute Gasteiger partial charge is 0.481 e. The number of methoxy groups -OCH3 is 1. The van der Waals surface area contributed by atoms with Crippen molar-refractivity contribution in [2.75, 3.05) is 27.7 Å². The van der Waals surface area contributed by atoms with E-state index in [0.29, 0.717) is 18.8 Å². The first-order valence-electron chi connectivity index (χ1n) is 11.0. The highest BCUT2D eigenvalue weighted by atomic mass is 79.9. The van der Waals surface area contributed by atoms with E-state index in [4.69, 9.17) is 4.74 Å². The first kappa shape index (κ1) is 23.4. The number of hydrogen-bond donors (Lipinski definition) is 1. The maximum atomic E-state index is 12.8. The summed E-state index contributed by atoms with van der Waals surface area (Å²) in [6.07, 6.45) is 2.25. The average Bonchev–Trinajstić information content (AvgIpc) is 2.83. The van der Waals surface area contributed by atoms with Crippen molar-refractivity contribution in [3.8, 4) is 5.88 Å². The summed E-state index contributed by atoms with van der Waals surface area (Å²) in [7, 11) is 5.68. The third-order valence-electron chi connectivity index (χ3n) is 6.16. The summed E-state index contributed by atoms with van der Waals surface area (Å²) in [4.78, 5) is 6.62. The van der Waals surface area contributed by atoms with Gasteiger partial charge < -0.3 is 14.7 Å². The number of benzene rings is 3. The van der Waals surface area contributed by atoms with E-state index in [1.165, 1.54) is 0 Å². The molecule has 0 bridgehead atoms. The van der Waals surface area contributed by atoms with E-state index in [0.717, 1.165) is 31.9 Å². The zero-order valence-electron chi connectivity index (χ0n) is 19.2. The van der Waals surface area contributed by atoms with Crippen LogP contribution in [0.3, 0.4) is 0 Å². The van der Waals surface area contributed by atoms with Crippen molar-refractivity contribution in [1.29, 1.82) is 0 Å². The predicted molar refractivity (Wildman–Crippen MR) is 138 cm³/mol. The van der Waals surface area contributed by atoms with Crippen LogP contribution in [0, 0.1) is 0 Å². The minimum absolute atomic E-state index is 0.399. The van der Waals surface area contributed by atoms with Crippen molar-refractivity contribution in [3.05, 3.63) is 106 Å². The van der Waals surface area contributed by atoms with E-state index in [-0.39, 0.29) is 0 Å². The Labute approximate surface area is 204 Å². The van der Waals surface area contributed by atoms with E-state index in [1.807, 2.05) is 62.6 Å². The van der Waals surface area contributed by atoms with Crippen molar-refractivity contribution in [2.24, 2.45) is 0 Å². The number of hydrogen-bond acceptors (Lipinski definition) is 4. The minimum Gasteiger partial charge on any atom is -0.481 e. The molecule has 1 N–H and O–H groups in total. The van der Waals surface area contributed by atoms with Gasteiger partial charge in [-0.1, -0.05) is 72.8 Å². The molecule has 1 aromatic heterocycles. The molecule has 0 amide bonds. The Kier molecular flexibility index (Phi) is 7.13. The highest BCUT2D eigenvalue weighted by molar-refractivity contribution is 9.10. The van der Waals surface area contributed by atoms with Crippen LogP contribution in [0.25, 0.3) is 10.8 Å². The van der Waals surface area contributed by atoms with Crippen LogP contribution in [0.2, 0.25) is 0 Å². The molecular weight excluding hydrogens is 476 g/mol. The third-order valence-corrected chi connectivity index (χ3v) is 6.59. The minimum atomic E-state index is -1.22. The Morgan fingerprint density at radius 3 is 2.42 bits per heavy atom. The van der Waals surface area contributed by atoms with Crippen molar-refractivity contribution in [1.82, 2.24) is 9.88 Å². The highest BCUT2D eigenvalue weighted by Crippen LogP contribution is 2.48. The van der Waals surface area contributed by atoms with Crippen molar-refractivity contribution in [3.63, 3.8) is 0 Å². The van der Waals surface area contributed by atoms with Gasteiger partial charge in [0.2, 0.25) is 5.88 Å². The molecule has 0 aliphatic heterocycles. The molecule has 0 spiro atoms. The molecule has 4 rings (SSSR count). The van der Waals surface area contributed by atoms with Gasteiger partial charge in [-0.25, -0.2) is 4.98 Å². The van der Waals surface area contributed by atoms with Crippen LogP contribution in [0.1, 0.15) is 29.0 Å². The molecule has 5 heteroatoms. The van der Waals surface area contributed by atoms with Crippen LogP contribution >= 0.6 is 15.9 Å². The maximum Gasteiger partial charge on any atom is 0.217 e. The number of aromatic nitrogens is 1. The van der Waals surface area contributed by atoms with Crippen molar-refractivity contribution in [2.45, 2.75) is 17.9 Å². The summed E-state index contributed by atoms with van der Waals surface area (Å²) in [5, 5.41) is 14.9. The lowest BCUT2D eigenvalue weighted by Gasteiger charge is -2.39. The quantitative estimate of drug-likeness (QED) is 0.320. The molecule has 1 heterocycles. The van der Waals surface area contributed by atoms with Crippen molar-refractivity contribution >= 4 is 26.7 Å². The van der Waals surface area contributed by atoms with Crippen LogP contribution in [-0.2, 0) is 5.60 Å². The normalized spacial score (nSPS) is 14.2. The number of halogens is 1. The molecule has 0 aliphatic carbocycles. The number of nitrogens with zero attached hydrogens (tertiary/aromatic N) is 2. The standard InChI is InChI=1S/C28H29BrN2O2/c1-31(2)17-16-28(32,25-15-9-13-20-10-7-8-14-23(20)25)26(21-11-5-4-6-12-21)24-18-22(29)19-30-27(24)33-3/h4-15,18-19,26,32H,16-17H2,1-3H3. The third kappa shape index (κ3) is 4.81. The molecule has 4 aromatic rings. The monoisotopic (exact) mass is 504 g/mol. The van der Waals surface area contributed by atoms with E-state index in [9.17, 15) is 5.11 Å². The fourth-order valence-corrected chi connectivity index (χ4v) is 4.96. The average molecular weight is 505 g/mol. The molecule has 3 aromatic carbocycles. The van der Waals surface area contributed by atoms with E-state index >= 15 is 0 Å². The molecule has 0 saturated heterocycles. The predicted octanol–water partition coefficient (Wildman–Crippen LogP) is 5.98. The van der Waals surface area contributed by atoms with Gasteiger partial charge in [-0.3, -0.25) is 0 Å². The summed E-state index contributed by atoms with van der Waals surface area (Å²) in [5.41, 5.74) is 1.53. The Bertz CT molecular complexity index is 1220. The molecule has 0 fully saturated rings. The molecule has 0 saturated carbocycles. The van der Waals surface area contributed by atoms with Gasteiger partial charge in [-0.2, -0.15) is 0 Å². The Morgan fingerprint density at radius 1 is 1.00 bits per heavy atom. The van der Waals surface area contributed by atoms with Gasteiger partial charge in [0.05, 0.1) is 7.11 Å². The fraction of sp³-hybridized carbons (Fsp3) is 0.250. The van der Waals surface area contributed by atoms with Crippen LogP contribution in [-0.4, -0.2) is 42.7 Å². The first-order valence-corrected chi connectivity index (χ1v) is 11.8. The SMILES string of the molecule is COc1ncc(Br)cc1C(c1ccccc1)C(O)(CCN(C)C)c1cccc2ccccc12. The molecule has 170 valence electrons.